The molecule has 0 amide bonds. The van der Waals surface area contributed by atoms with Crippen LogP contribution in [0.3, 0.4) is 0 Å². The van der Waals surface area contributed by atoms with E-state index in [1.54, 1.807) is 0 Å². The fourth-order valence-electron chi connectivity index (χ4n) is 10.8. The summed E-state index contributed by atoms with van der Waals surface area (Å²) in [5.74, 6) is 3.25. The first-order chi connectivity index (χ1) is 32.9. The van der Waals surface area contributed by atoms with Gasteiger partial charge in [0.25, 0.3) is 0 Å². The molecule has 7 aliphatic rings. The van der Waals surface area contributed by atoms with Crippen molar-refractivity contribution >= 4 is 17.3 Å². The van der Waals surface area contributed by atoms with Gasteiger partial charge in [-0.1, -0.05) is 162 Å². The second kappa shape index (κ2) is 18.1. The molecule has 0 N–H and O–H groups in total. The fraction of sp³-hybridized carbons (Fsp3) is 0.219. The van der Waals surface area contributed by atoms with Gasteiger partial charge in [0.15, 0.2) is 0 Å². The summed E-state index contributed by atoms with van der Waals surface area (Å²) >= 11 is 0. The predicted octanol–water partition coefficient (Wildman–Crippen LogP) is 16.0. The van der Waals surface area contributed by atoms with Gasteiger partial charge < -0.3 is 19.3 Å². The molecule has 3 aromatic carbocycles. The zero-order chi connectivity index (χ0) is 47.2. The summed E-state index contributed by atoms with van der Waals surface area (Å²) in [4.78, 5) is 4.67. The third kappa shape index (κ3) is 8.27. The van der Waals surface area contributed by atoms with Crippen LogP contribution in [0.4, 0.5) is 5.69 Å². The molecular formula is C64H62N2O2. The lowest BCUT2D eigenvalue weighted by molar-refractivity contribution is 0.289. The molecule has 1 unspecified atom stereocenters. The van der Waals surface area contributed by atoms with Crippen LogP contribution in [0.1, 0.15) is 94.5 Å². The number of fused-ring (bicyclic) bond motifs is 8. The Morgan fingerprint density at radius 1 is 0.779 bits per heavy atom. The Bertz CT molecular complexity index is 3080. The molecule has 2 aliphatic heterocycles. The quantitative estimate of drug-likeness (QED) is 0.189. The Balaban J connectivity index is 1.02. The van der Waals surface area contributed by atoms with Gasteiger partial charge in [-0.15, -0.1) is 0 Å². The van der Waals surface area contributed by atoms with E-state index in [1.807, 2.05) is 6.08 Å². The number of rotatable bonds is 10. The highest BCUT2D eigenvalue weighted by Gasteiger charge is 2.36. The lowest BCUT2D eigenvalue weighted by Crippen LogP contribution is -2.32. The molecule has 1 atom stereocenters. The predicted molar refractivity (Wildman–Crippen MR) is 284 cm³/mol. The van der Waals surface area contributed by atoms with Crippen molar-refractivity contribution in [1.29, 1.82) is 0 Å². The van der Waals surface area contributed by atoms with Crippen LogP contribution in [0.15, 0.2) is 246 Å². The zero-order valence-electron chi connectivity index (χ0n) is 40.3. The van der Waals surface area contributed by atoms with E-state index in [4.69, 9.17) is 9.47 Å². The highest BCUT2D eigenvalue weighted by Crippen LogP contribution is 2.47. The molecule has 1 fully saturated rings. The van der Waals surface area contributed by atoms with Crippen LogP contribution in [-0.4, -0.2) is 10.9 Å². The summed E-state index contributed by atoms with van der Waals surface area (Å²) in [5, 5.41) is 0. The summed E-state index contributed by atoms with van der Waals surface area (Å²) in [6.45, 7) is 25.1. The molecule has 0 saturated carbocycles. The zero-order valence-corrected chi connectivity index (χ0v) is 40.3. The Hall–Kier alpha value is -7.30. The van der Waals surface area contributed by atoms with E-state index < -0.39 is 0 Å². The van der Waals surface area contributed by atoms with Gasteiger partial charge in [0, 0.05) is 75.4 Å². The van der Waals surface area contributed by atoms with Crippen LogP contribution in [0.25, 0.3) is 11.6 Å². The van der Waals surface area contributed by atoms with E-state index in [1.165, 1.54) is 33.4 Å². The van der Waals surface area contributed by atoms with E-state index in [-0.39, 0.29) is 16.9 Å². The summed E-state index contributed by atoms with van der Waals surface area (Å²) < 4.78 is 13.6. The Morgan fingerprint density at radius 3 is 2.28 bits per heavy atom. The number of benzene rings is 3. The largest absolute Gasteiger partial charge is 0.461 e. The van der Waals surface area contributed by atoms with Crippen molar-refractivity contribution in [2.24, 2.45) is 0 Å². The Kier molecular flexibility index (Phi) is 11.8. The van der Waals surface area contributed by atoms with Gasteiger partial charge in [-0.3, -0.25) is 0 Å². The number of nitrogens with zero attached hydrogens (tertiary/aromatic N) is 2. The first-order valence-electron chi connectivity index (χ1n) is 24.2. The van der Waals surface area contributed by atoms with Crippen molar-refractivity contribution in [3.63, 3.8) is 0 Å². The normalized spacial score (nSPS) is 22.0. The minimum Gasteiger partial charge on any atom is -0.461 e. The van der Waals surface area contributed by atoms with Crippen molar-refractivity contribution in [2.45, 2.75) is 90.0 Å². The first-order valence-corrected chi connectivity index (χ1v) is 24.2. The molecule has 68 heavy (non-hydrogen) atoms. The second-order valence-corrected chi connectivity index (χ2v) is 19.7. The van der Waals surface area contributed by atoms with E-state index in [0.717, 1.165) is 93.7 Å². The van der Waals surface area contributed by atoms with Crippen LogP contribution < -0.4 is 9.64 Å². The minimum absolute atomic E-state index is 0.120. The summed E-state index contributed by atoms with van der Waals surface area (Å²) in [5.41, 5.74) is 16.9. The topological polar surface area (TPSA) is 24.9 Å². The number of allylic oxidation sites excluding steroid dienone is 19. The Morgan fingerprint density at radius 2 is 1.54 bits per heavy atom. The van der Waals surface area contributed by atoms with E-state index in [0.29, 0.717) is 18.6 Å². The van der Waals surface area contributed by atoms with Crippen LogP contribution in [-0.2, 0) is 22.0 Å². The average Bonchev–Trinajstić information content (AvgIpc) is 3.76. The summed E-state index contributed by atoms with van der Waals surface area (Å²) in [7, 11) is 0. The number of ether oxygens (including phenoxy) is 2. The smallest absolute Gasteiger partial charge is 0.136 e. The van der Waals surface area contributed by atoms with E-state index in [2.05, 4.69) is 228 Å². The van der Waals surface area contributed by atoms with Crippen LogP contribution in [0, 0.1) is 0 Å². The SMILES string of the molecule is C=CC(=CC1=Cc2ccccc2C1(C)C)N(C(=CC)C=C1Cc2ccccc2C1(C)C)c1ccc2c(c1)OC1=CC=C3CC(=CC=C2C1)OC(=CC(=C)N(C1=CCCC=C1)C1C=CC=CC1)C3=C. The van der Waals surface area contributed by atoms with Crippen LogP contribution in [0.5, 0.6) is 5.75 Å². The Labute approximate surface area is 404 Å². The lowest BCUT2D eigenvalue weighted by atomic mass is 9.81. The lowest BCUT2D eigenvalue weighted by Gasteiger charge is -2.35. The molecule has 0 aromatic heterocycles. The van der Waals surface area contributed by atoms with Gasteiger partial charge in [-0.2, -0.15) is 0 Å². The second-order valence-electron chi connectivity index (χ2n) is 19.7. The van der Waals surface area contributed by atoms with Crippen LogP contribution >= 0.6 is 0 Å². The van der Waals surface area contributed by atoms with Crippen molar-refractivity contribution in [3.8, 4) is 5.75 Å². The molecule has 5 aliphatic carbocycles. The molecule has 0 radical (unpaired) electrons. The fourth-order valence-corrected chi connectivity index (χ4v) is 10.8. The highest BCUT2D eigenvalue weighted by atomic mass is 16.5. The van der Waals surface area contributed by atoms with Crippen molar-refractivity contribution in [1.82, 2.24) is 4.90 Å². The summed E-state index contributed by atoms with van der Waals surface area (Å²) in [6, 6.07) is 24.4. The maximum Gasteiger partial charge on any atom is 0.136 e. The molecule has 10 rings (SSSR count). The molecule has 4 bridgehead atoms. The highest BCUT2D eigenvalue weighted by molar-refractivity contribution is 5.80. The van der Waals surface area contributed by atoms with E-state index in [9.17, 15) is 0 Å². The van der Waals surface area contributed by atoms with Gasteiger partial charge in [-0.25, -0.2) is 0 Å². The standard InChI is InChI=1S/C64H62N2O2/c1-9-51(40-49-36-47-21-17-19-27-59(47)63(49,5)6)66(52(10-2)41-50-37-48-22-18-20-28-60(48)64(50,7)8)55-31-34-58-46-30-33-56-38-45(29-32-57(39-46)68-62(58)42-55)44(4)61(67-56)35-43(3)65(53-23-13-11-14-24-53)54-25-15-12-16-26-54/h9-11,13-15,17-23,25-36,40-42,53H,1,3-4,12,16,24,37-39H2,2,5-8H3. The maximum atomic E-state index is 6.92. The number of hydrogen-bond acceptors (Lipinski definition) is 4. The monoisotopic (exact) mass is 890 g/mol. The number of anilines is 1. The molecule has 4 heteroatoms. The number of hydrogen-bond donors (Lipinski definition) is 0. The molecule has 1 saturated heterocycles. The summed E-state index contributed by atoms with van der Waals surface area (Å²) in [6.07, 6.45) is 42.6. The van der Waals surface area contributed by atoms with Crippen molar-refractivity contribution < 1.29 is 9.47 Å². The van der Waals surface area contributed by atoms with Gasteiger partial charge in [0.2, 0.25) is 0 Å². The van der Waals surface area contributed by atoms with Gasteiger partial charge in [-0.05, 0) is 120 Å². The maximum absolute atomic E-state index is 6.92. The minimum atomic E-state index is -0.181. The third-order valence-corrected chi connectivity index (χ3v) is 14.7. The molecule has 340 valence electrons. The van der Waals surface area contributed by atoms with Gasteiger partial charge >= 0.3 is 0 Å². The molecular weight excluding hydrogens is 829 g/mol. The van der Waals surface area contributed by atoms with Gasteiger partial charge in [0.05, 0.1) is 6.04 Å². The van der Waals surface area contributed by atoms with Crippen molar-refractivity contribution in [2.75, 3.05) is 4.90 Å². The molecule has 2 heterocycles. The first kappa shape index (κ1) is 44.5. The van der Waals surface area contributed by atoms with Gasteiger partial charge in [0.1, 0.15) is 23.0 Å². The van der Waals surface area contributed by atoms with E-state index >= 15 is 0 Å². The van der Waals surface area contributed by atoms with Crippen LogP contribution in [0.2, 0.25) is 0 Å². The average molecular weight is 891 g/mol. The molecule has 3 aromatic rings. The molecule has 4 nitrogen and oxygen atoms in total. The third-order valence-electron chi connectivity index (χ3n) is 14.7. The molecule has 0 spiro atoms. The van der Waals surface area contributed by atoms with Crippen molar-refractivity contribution in [3.05, 3.63) is 274 Å².